The van der Waals surface area contributed by atoms with E-state index in [1.165, 1.54) is 12.1 Å². The Hall–Kier alpha value is -1.72. The SMILES string of the molecule is Cc1cc(N)c(Nc2cc(Cl)ccc2C(=O)O)cc1Br. The van der Waals surface area contributed by atoms with Gasteiger partial charge < -0.3 is 16.2 Å². The van der Waals surface area contributed by atoms with Crippen LogP contribution in [-0.2, 0) is 0 Å². The van der Waals surface area contributed by atoms with Crippen LogP contribution in [0.4, 0.5) is 17.1 Å². The third-order valence-corrected chi connectivity index (χ3v) is 3.90. The van der Waals surface area contributed by atoms with E-state index in [0.717, 1.165) is 10.0 Å². The fourth-order valence-corrected chi connectivity index (χ4v) is 2.28. The largest absolute Gasteiger partial charge is 0.478 e. The van der Waals surface area contributed by atoms with Crippen molar-refractivity contribution in [3.8, 4) is 0 Å². The molecule has 4 nitrogen and oxygen atoms in total. The van der Waals surface area contributed by atoms with Gasteiger partial charge in [-0.05, 0) is 42.8 Å². The molecule has 0 heterocycles. The van der Waals surface area contributed by atoms with E-state index in [1.807, 2.05) is 6.92 Å². The predicted octanol–water partition coefficient (Wildman–Crippen LogP) is 4.43. The summed E-state index contributed by atoms with van der Waals surface area (Å²) < 4.78 is 0.883. The number of carbonyl (C=O) groups is 1. The Morgan fingerprint density at radius 1 is 1.30 bits per heavy atom. The average molecular weight is 356 g/mol. The maximum absolute atomic E-state index is 11.2. The standard InChI is InChI=1S/C14H12BrClN2O2/c1-7-4-11(17)13(6-10(7)15)18-12-5-8(16)2-3-9(12)14(19)20/h2-6,18H,17H2,1H3,(H,19,20). The summed E-state index contributed by atoms with van der Waals surface area (Å²) in [4.78, 5) is 11.2. The fraction of sp³-hybridized carbons (Fsp3) is 0.0714. The summed E-state index contributed by atoms with van der Waals surface area (Å²) in [5.74, 6) is -1.03. The van der Waals surface area contributed by atoms with E-state index in [0.29, 0.717) is 22.1 Å². The summed E-state index contributed by atoms with van der Waals surface area (Å²) in [6.07, 6.45) is 0. The Morgan fingerprint density at radius 2 is 2.00 bits per heavy atom. The number of benzene rings is 2. The number of nitrogens with one attached hydrogen (secondary N) is 1. The van der Waals surface area contributed by atoms with Crippen molar-refractivity contribution in [1.29, 1.82) is 0 Å². The minimum Gasteiger partial charge on any atom is -0.478 e. The summed E-state index contributed by atoms with van der Waals surface area (Å²) in [6.45, 7) is 1.92. The van der Waals surface area contributed by atoms with E-state index in [9.17, 15) is 9.90 Å². The first-order valence-corrected chi connectivity index (χ1v) is 6.91. The number of hydrogen-bond donors (Lipinski definition) is 3. The Labute approximate surface area is 129 Å². The molecule has 2 rings (SSSR count). The highest BCUT2D eigenvalue weighted by molar-refractivity contribution is 9.10. The molecule has 0 aliphatic heterocycles. The van der Waals surface area contributed by atoms with Crippen LogP contribution in [0.3, 0.4) is 0 Å². The lowest BCUT2D eigenvalue weighted by Crippen LogP contribution is -2.04. The van der Waals surface area contributed by atoms with Crippen molar-refractivity contribution in [1.82, 2.24) is 0 Å². The molecule has 2 aromatic rings. The highest BCUT2D eigenvalue weighted by atomic mass is 79.9. The second-order valence-corrected chi connectivity index (χ2v) is 5.60. The van der Waals surface area contributed by atoms with Crippen LogP contribution in [0, 0.1) is 6.92 Å². The summed E-state index contributed by atoms with van der Waals surface area (Å²) in [6, 6.07) is 8.14. The molecule has 104 valence electrons. The molecule has 0 unspecified atom stereocenters. The number of carboxylic acids is 1. The van der Waals surface area contributed by atoms with Crippen molar-refractivity contribution in [2.75, 3.05) is 11.1 Å². The van der Waals surface area contributed by atoms with Gasteiger partial charge in [-0.25, -0.2) is 4.79 Å². The molecular formula is C14H12BrClN2O2. The van der Waals surface area contributed by atoms with Gasteiger partial charge in [0.15, 0.2) is 0 Å². The number of halogens is 2. The first kappa shape index (κ1) is 14.7. The summed E-state index contributed by atoms with van der Waals surface area (Å²) in [5.41, 5.74) is 8.61. The molecule has 0 aliphatic carbocycles. The lowest BCUT2D eigenvalue weighted by molar-refractivity contribution is 0.0698. The third kappa shape index (κ3) is 3.05. The quantitative estimate of drug-likeness (QED) is 0.712. The fourth-order valence-electron chi connectivity index (χ4n) is 1.76. The van der Waals surface area contributed by atoms with Gasteiger partial charge in [-0.1, -0.05) is 27.5 Å². The molecule has 0 aliphatic rings. The smallest absolute Gasteiger partial charge is 0.337 e. The first-order chi connectivity index (χ1) is 9.38. The highest BCUT2D eigenvalue weighted by Crippen LogP contribution is 2.31. The molecule has 0 saturated carbocycles. The lowest BCUT2D eigenvalue weighted by atomic mass is 10.1. The van der Waals surface area contributed by atoms with Gasteiger partial charge in [0.2, 0.25) is 0 Å². The van der Waals surface area contributed by atoms with Crippen LogP contribution in [0.5, 0.6) is 0 Å². The van der Waals surface area contributed by atoms with Crippen molar-refractivity contribution >= 4 is 50.6 Å². The van der Waals surface area contributed by atoms with E-state index in [4.69, 9.17) is 17.3 Å². The van der Waals surface area contributed by atoms with Crippen molar-refractivity contribution in [3.05, 3.63) is 51.0 Å². The normalized spacial score (nSPS) is 10.3. The van der Waals surface area contributed by atoms with Crippen molar-refractivity contribution in [2.45, 2.75) is 6.92 Å². The number of carboxylic acid groups (broad SMARTS) is 1. The molecule has 6 heteroatoms. The van der Waals surface area contributed by atoms with Crippen molar-refractivity contribution < 1.29 is 9.90 Å². The topological polar surface area (TPSA) is 75.3 Å². The van der Waals surface area contributed by atoms with Gasteiger partial charge in [0.1, 0.15) is 0 Å². The molecule has 4 N–H and O–H groups in total. The number of rotatable bonds is 3. The molecule has 0 amide bonds. The number of aryl methyl sites for hydroxylation is 1. The maximum Gasteiger partial charge on any atom is 0.337 e. The number of hydrogen-bond acceptors (Lipinski definition) is 3. The number of anilines is 3. The van der Waals surface area contributed by atoms with Gasteiger partial charge in [0, 0.05) is 9.50 Å². The van der Waals surface area contributed by atoms with Gasteiger partial charge in [-0.15, -0.1) is 0 Å². The zero-order valence-corrected chi connectivity index (χ0v) is 12.9. The van der Waals surface area contributed by atoms with Crippen molar-refractivity contribution in [3.63, 3.8) is 0 Å². The summed E-state index contributed by atoms with van der Waals surface area (Å²) in [5, 5.41) is 12.6. The minimum atomic E-state index is -1.03. The van der Waals surface area contributed by atoms with Gasteiger partial charge >= 0.3 is 5.97 Å². The van der Waals surface area contributed by atoms with E-state index in [1.54, 1.807) is 18.2 Å². The van der Waals surface area contributed by atoms with Crippen LogP contribution < -0.4 is 11.1 Å². The second kappa shape index (κ2) is 5.73. The summed E-state index contributed by atoms with van der Waals surface area (Å²) >= 11 is 9.33. The zero-order chi connectivity index (χ0) is 14.9. The Kier molecular flexibility index (Phi) is 4.20. The highest BCUT2D eigenvalue weighted by Gasteiger charge is 2.12. The predicted molar refractivity (Wildman–Crippen MR) is 85.0 cm³/mol. The van der Waals surface area contributed by atoms with Gasteiger partial charge in [0.05, 0.1) is 22.6 Å². The van der Waals surface area contributed by atoms with Crippen LogP contribution >= 0.6 is 27.5 Å². The molecule has 20 heavy (non-hydrogen) atoms. The molecule has 0 radical (unpaired) electrons. The van der Waals surface area contributed by atoms with Gasteiger partial charge in [0.25, 0.3) is 0 Å². The van der Waals surface area contributed by atoms with Crippen LogP contribution in [0.2, 0.25) is 5.02 Å². The zero-order valence-electron chi connectivity index (χ0n) is 10.6. The van der Waals surface area contributed by atoms with E-state index >= 15 is 0 Å². The molecular weight excluding hydrogens is 344 g/mol. The Balaban J connectivity index is 2.47. The Morgan fingerprint density at radius 3 is 2.65 bits per heavy atom. The molecule has 0 saturated heterocycles. The molecule has 2 aromatic carbocycles. The van der Waals surface area contributed by atoms with Gasteiger partial charge in [-0.3, -0.25) is 0 Å². The molecule has 0 spiro atoms. The minimum absolute atomic E-state index is 0.130. The summed E-state index contributed by atoms with van der Waals surface area (Å²) in [7, 11) is 0. The molecule has 0 fully saturated rings. The average Bonchev–Trinajstić information content (AvgIpc) is 2.35. The van der Waals surface area contributed by atoms with Crippen LogP contribution in [0.25, 0.3) is 0 Å². The third-order valence-electron chi connectivity index (χ3n) is 2.81. The number of nitrogens with two attached hydrogens (primary N) is 1. The van der Waals surface area contributed by atoms with Crippen LogP contribution in [0.1, 0.15) is 15.9 Å². The number of nitrogen functional groups attached to an aromatic ring is 1. The number of aromatic carboxylic acids is 1. The van der Waals surface area contributed by atoms with Crippen molar-refractivity contribution in [2.24, 2.45) is 0 Å². The molecule has 0 aromatic heterocycles. The molecule has 0 atom stereocenters. The maximum atomic E-state index is 11.2. The van der Waals surface area contributed by atoms with Crippen LogP contribution in [-0.4, -0.2) is 11.1 Å². The van der Waals surface area contributed by atoms with Crippen LogP contribution in [0.15, 0.2) is 34.8 Å². The first-order valence-electron chi connectivity index (χ1n) is 5.74. The van der Waals surface area contributed by atoms with Gasteiger partial charge in [-0.2, -0.15) is 0 Å². The molecule has 0 bridgehead atoms. The monoisotopic (exact) mass is 354 g/mol. The Bertz CT molecular complexity index is 689. The lowest BCUT2D eigenvalue weighted by Gasteiger charge is -2.13. The second-order valence-electron chi connectivity index (χ2n) is 4.31. The van der Waals surface area contributed by atoms with E-state index < -0.39 is 5.97 Å². The van der Waals surface area contributed by atoms with E-state index in [-0.39, 0.29) is 5.56 Å². The van der Waals surface area contributed by atoms with E-state index in [2.05, 4.69) is 21.2 Å².